The van der Waals surface area contributed by atoms with Crippen LogP contribution in [0.3, 0.4) is 0 Å². The molecule has 130 valence electrons. The van der Waals surface area contributed by atoms with Crippen LogP contribution in [0, 0.1) is 5.82 Å². The normalized spacial score (nSPS) is 11.3. The Hall–Kier alpha value is -3.46. The van der Waals surface area contributed by atoms with E-state index in [4.69, 9.17) is 4.98 Å². The molecule has 1 aromatic heterocycles. The number of fused-ring (bicyclic) bond motifs is 2. The lowest BCUT2D eigenvalue weighted by Gasteiger charge is -2.10. The van der Waals surface area contributed by atoms with E-state index < -0.39 is 0 Å². The second-order valence-corrected chi connectivity index (χ2v) is 6.70. The summed E-state index contributed by atoms with van der Waals surface area (Å²) in [6.45, 7) is 0.642. The van der Waals surface area contributed by atoms with Crippen LogP contribution in [0.4, 0.5) is 4.39 Å². The number of aromatic nitrogens is 2. The lowest BCUT2D eigenvalue weighted by molar-refractivity contribution is 0.626. The molecule has 0 spiro atoms. The highest BCUT2D eigenvalue weighted by Gasteiger charge is 2.13. The summed E-state index contributed by atoms with van der Waals surface area (Å²) in [4.78, 5) is 4.89. The van der Waals surface area contributed by atoms with Crippen molar-refractivity contribution in [1.29, 1.82) is 0 Å². The zero-order valence-corrected chi connectivity index (χ0v) is 14.6. The molecule has 0 unspecified atom stereocenters. The fourth-order valence-electron chi connectivity index (χ4n) is 3.56. The van der Waals surface area contributed by atoms with Gasteiger partial charge in [0, 0.05) is 12.1 Å². The zero-order chi connectivity index (χ0) is 18.2. The average molecular weight is 352 g/mol. The first-order chi connectivity index (χ1) is 13.3. The molecule has 0 aliphatic heterocycles. The Labute approximate surface area is 156 Å². The third-order valence-electron chi connectivity index (χ3n) is 4.92. The van der Waals surface area contributed by atoms with Crippen molar-refractivity contribution in [2.75, 3.05) is 0 Å². The number of hydrogen-bond donors (Lipinski definition) is 0. The maximum absolute atomic E-state index is 13.3. The van der Waals surface area contributed by atoms with Crippen molar-refractivity contribution < 1.29 is 4.39 Å². The molecule has 0 radical (unpaired) electrons. The topological polar surface area (TPSA) is 17.8 Å². The highest BCUT2D eigenvalue weighted by Crippen LogP contribution is 2.28. The molecule has 5 aromatic rings. The van der Waals surface area contributed by atoms with Crippen molar-refractivity contribution in [2.45, 2.75) is 6.54 Å². The van der Waals surface area contributed by atoms with Gasteiger partial charge in [-0.25, -0.2) is 9.37 Å². The summed E-state index contributed by atoms with van der Waals surface area (Å²) in [5.41, 5.74) is 4.15. The van der Waals surface area contributed by atoms with Gasteiger partial charge in [-0.2, -0.15) is 0 Å². The van der Waals surface area contributed by atoms with Gasteiger partial charge in [0.05, 0.1) is 11.0 Å². The largest absolute Gasteiger partial charge is 0.319 e. The standard InChI is InChI=1S/C24H17FN2/c25-21-13-9-17(10-14-21)16-27-23-8-4-3-7-22(23)26-24(27)20-12-11-18-5-1-2-6-19(18)15-20/h1-15H,16H2. The molecule has 1 heterocycles. The Morgan fingerprint density at radius 3 is 2.33 bits per heavy atom. The molecular weight excluding hydrogens is 335 g/mol. The van der Waals surface area contributed by atoms with E-state index in [0.717, 1.165) is 28.0 Å². The molecule has 0 saturated carbocycles. The highest BCUT2D eigenvalue weighted by atomic mass is 19.1. The number of benzene rings is 4. The average Bonchev–Trinajstić information content (AvgIpc) is 3.08. The molecule has 0 aliphatic rings. The highest BCUT2D eigenvalue weighted by molar-refractivity contribution is 5.88. The Morgan fingerprint density at radius 1 is 0.741 bits per heavy atom. The van der Waals surface area contributed by atoms with Crippen LogP contribution < -0.4 is 0 Å². The van der Waals surface area contributed by atoms with Gasteiger partial charge < -0.3 is 4.57 Å². The van der Waals surface area contributed by atoms with Crippen LogP contribution in [0.1, 0.15) is 5.56 Å². The lowest BCUT2D eigenvalue weighted by Crippen LogP contribution is -2.02. The summed E-state index contributed by atoms with van der Waals surface area (Å²) in [5.74, 6) is 0.704. The summed E-state index contributed by atoms with van der Waals surface area (Å²) in [6.07, 6.45) is 0. The second kappa shape index (κ2) is 6.36. The Balaban J connectivity index is 1.69. The van der Waals surface area contributed by atoms with Gasteiger partial charge in [-0.15, -0.1) is 0 Å². The fourth-order valence-corrected chi connectivity index (χ4v) is 3.56. The Kier molecular flexibility index (Phi) is 3.72. The number of nitrogens with zero attached hydrogens (tertiary/aromatic N) is 2. The van der Waals surface area contributed by atoms with Crippen LogP contribution in [-0.4, -0.2) is 9.55 Å². The van der Waals surface area contributed by atoms with Crippen molar-refractivity contribution >= 4 is 21.8 Å². The van der Waals surface area contributed by atoms with Crippen LogP contribution in [0.15, 0.2) is 91.0 Å². The SMILES string of the molecule is Fc1ccc(Cn2c(-c3ccc4ccccc4c3)nc3ccccc32)cc1. The fraction of sp³-hybridized carbons (Fsp3) is 0.0417. The van der Waals surface area contributed by atoms with E-state index in [1.807, 2.05) is 42.5 Å². The van der Waals surface area contributed by atoms with E-state index in [2.05, 4.69) is 41.0 Å². The Morgan fingerprint density at radius 2 is 1.48 bits per heavy atom. The maximum atomic E-state index is 13.3. The quantitative estimate of drug-likeness (QED) is 0.387. The summed E-state index contributed by atoms with van der Waals surface area (Å²) in [6, 6.07) is 29.5. The van der Waals surface area contributed by atoms with Crippen molar-refractivity contribution in [1.82, 2.24) is 9.55 Å². The molecule has 0 atom stereocenters. The zero-order valence-electron chi connectivity index (χ0n) is 14.6. The van der Waals surface area contributed by atoms with Crippen LogP contribution in [0.5, 0.6) is 0 Å². The second-order valence-electron chi connectivity index (χ2n) is 6.70. The number of imidazole rings is 1. The van der Waals surface area contributed by atoms with Gasteiger partial charge in [0.2, 0.25) is 0 Å². The van der Waals surface area contributed by atoms with Crippen LogP contribution in [-0.2, 0) is 6.54 Å². The summed E-state index contributed by atoms with van der Waals surface area (Å²) in [7, 11) is 0. The number of halogens is 1. The van der Waals surface area contributed by atoms with E-state index in [1.165, 1.54) is 22.9 Å². The molecule has 0 amide bonds. The smallest absolute Gasteiger partial charge is 0.141 e. The minimum atomic E-state index is -0.219. The molecule has 0 fully saturated rings. The van der Waals surface area contributed by atoms with Gasteiger partial charge in [0.25, 0.3) is 0 Å². The van der Waals surface area contributed by atoms with E-state index in [1.54, 1.807) is 0 Å². The summed E-state index contributed by atoms with van der Waals surface area (Å²) in [5, 5.41) is 2.40. The monoisotopic (exact) mass is 352 g/mol. The molecule has 27 heavy (non-hydrogen) atoms. The molecule has 0 bridgehead atoms. The van der Waals surface area contributed by atoms with Gasteiger partial charge in [-0.1, -0.05) is 60.7 Å². The minimum absolute atomic E-state index is 0.219. The first-order valence-corrected chi connectivity index (χ1v) is 8.97. The van der Waals surface area contributed by atoms with Gasteiger partial charge in [-0.3, -0.25) is 0 Å². The third-order valence-corrected chi connectivity index (χ3v) is 4.92. The van der Waals surface area contributed by atoms with E-state index in [0.29, 0.717) is 6.54 Å². The molecule has 0 aliphatic carbocycles. The summed E-state index contributed by atoms with van der Waals surface area (Å²) >= 11 is 0. The van der Waals surface area contributed by atoms with Crippen molar-refractivity contribution in [3.63, 3.8) is 0 Å². The van der Waals surface area contributed by atoms with Gasteiger partial charge in [0.1, 0.15) is 11.6 Å². The molecule has 4 aromatic carbocycles. The molecular formula is C24H17FN2. The van der Waals surface area contributed by atoms with Crippen molar-refractivity contribution in [3.05, 3.63) is 102 Å². The molecule has 3 heteroatoms. The van der Waals surface area contributed by atoms with E-state index in [9.17, 15) is 4.39 Å². The van der Waals surface area contributed by atoms with Crippen molar-refractivity contribution in [2.24, 2.45) is 0 Å². The van der Waals surface area contributed by atoms with Gasteiger partial charge in [-0.05, 0) is 46.7 Å². The maximum Gasteiger partial charge on any atom is 0.141 e. The van der Waals surface area contributed by atoms with E-state index >= 15 is 0 Å². The van der Waals surface area contributed by atoms with Gasteiger partial charge in [0.15, 0.2) is 0 Å². The predicted octanol–water partition coefficient (Wildman–Crippen LogP) is 6.04. The number of para-hydroxylation sites is 2. The van der Waals surface area contributed by atoms with E-state index in [-0.39, 0.29) is 5.82 Å². The third kappa shape index (κ3) is 2.87. The van der Waals surface area contributed by atoms with Crippen LogP contribution in [0.25, 0.3) is 33.2 Å². The number of rotatable bonds is 3. The Bertz CT molecular complexity index is 1250. The minimum Gasteiger partial charge on any atom is -0.319 e. The van der Waals surface area contributed by atoms with Gasteiger partial charge >= 0.3 is 0 Å². The summed E-state index contributed by atoms with van der Waals surface area (Å²) < 4.78 is 15.5. The van der Waals surface area contributed by atoms with Crippen LogP contribution >= 0.6 is 0 Å². The lowest BCUT2D eigenvalue weighted by atomic mass is 10.1. The molecule has 2 nitrogen and oxygen atoms in total. The van der Waals surface area contributed by atoms with Crippen LogP contribution in [0.2, 0.25) is 0 Å². The number of hydrogen-bond acceptors (Lipinski definition) is 1. The molecule has 0 N–H and O–H groups in total. The predicted molar refractivity (Wildman–Crippen MR) is 108 cm³/mol. The first-order valence-electron chi connectivity index (χ1n) is 8.97. The van der Waals surface area contributed by atoms with Crippen molar-refractivity contribution in [3.8, 4) is 11.4 Å². The molecule has 5 rings (SSSR count). The first kappa shape index (κ1) is 15.8. The molecule has 0 saturated heterocycles.